The molecule has 0 heterocycles. The van der Waals surface area contributed by atoms with Crippen molar-refractivity contribution in [1.82, 2.24) is 21.3 Å². The summed E-state index contributed by atoms with van der Waals surface area (Å²) < 4.78 is 21.0. The zero-order valence-corrected chi connectivity index (χ0v) is 23.3. The molecule has 8 N–H and O–H groups in total. The van der Waals surface area contributed by atoms with Crippen LogP contribution >= 0.6 is 0 Å². The number of ether oxygens (including phenoxy) is 4. The van der Waals surface area contributed by atoms with Crippen molar-refractivity contribution in [3.63, 3.8) is 0 Å². The van der Waals surface area contributed by atoms with Crippen LogP contribution in [0.15, 0.2) is 0 Å². The smallest absolute Gasteiger partial charge is 0.405 e. The SMILES string of the molecule is CC(C)C(NC(=O)O)C(=O)NCCOCCOCC(=O)NCCOCCOCC(=O)NC(CCCCN)C(=O)O. The van der Waals surface area contributed by atoms with E-state index in [1.165, 1.54) is 0 Å². The molecule has 0 bridgehead atoms. The molecular formula is C24H45N5O11. The molecule has 0 saturated carbocycles. The van der Waals surface area contributed by atoms with E-state index in [0.717, 1.165) is 0 Å². The van der Waals surface area contributed by atoms with Gasteiger partial charge in [-0.3, -0.25) is 14.4 Å². The third-order valence-electron chi connectivity index (χ3n) is 5.13. The minimum Gasteiger partial charge on any atom is -0.480 e. The molecule has 232 valence electrons. The van der Waals surface area contributed by atoms with Crippen LogP contribution in [0.4, 0.5) is 4.79 Å². The molecule has 0 fully saturated rings. The Morgan fingerprint density at radius 3 is 1.80 bits per heavy atom. The van der Waals surface area contributed by atoms with E-state index in [9.17, 15) is 24.0 Å². The van der Waals surface area contributed by atoms with E-state index in [0.29, 0.717) is 25.8 Å². The van der Waals surface area contributed by atoms with Crippen molar-refractivity contribution >= 4 is 29.8 Å². The summed E-state index contributed by atoms with van der Waals surface area (Å²) in [7, 11) is 0. The number of amides is 4. The Bertz CT molecular complexity index is 755. The predicted molar refractivity (Wildman–Crippen MR) is 142 cm³/mol. The zero-order valence-electron chi connectivity index (χ0n) is 23.3. The van der Waals surface area contributed by atoms with Gasteiger partial charge in [0.25, 0.3) is 0 Å². The lowest BCUT2D eigenvalue weighted by Crippen LogP contribution is -2.49. The van der Waals surface area contributed by atoms with Crippen molar-refractivity contribution in [2.24, 2.45) is 11.7 Å². The van der Waals surface area contributed by atoms with Crippen LogP contribution in [0.1, 0.15) is 33.1 Å². The van der Waals surface area contributed by atoms with Crippen LogP contribution in [0.5, 0.6) is 0 Å². The number of unbranched alkanes of at least 4 members (excludes halogenated alkanes) is 1. The molecule has 0 aromatic heterocycles. The van der Waals surface area contributed by atoms with Gasteiger partial charge in [-0.2, -0.15) is 0 Å². The van der Waals surface area contributed by atoms with Gasteiger partial charge in [0.05, 0.1) is 39.6 Å². The molecule has 0 aromatic rings. The molecule has 0 radical (unpaired) electrons. The second-order valence-corrected chi connectivity index (χ2v) is 8.88. The number of carboxylic acid groups (broad SMARTS) is 2. The summed E-state index contributed by atoms with van der Waals surface area (Å²) in [6.07, 6.45) is 0.297. The number of carboxylic acids is 1. The molecule has 0 saturated heterocycles. The number of nitrogens with two attached hydrogens (primary N) is 1. The number of hydrogen-bond acceptors (Lipinski definition) is 10. The van der Waals surface area contributed by atoms with Gasteiger partial charge < -0.3 is 56.2 Å². The normalized spacial score (nSPS) is 12.4. The molecule has 16 heteroatoms. The maximum absolute atomic E-state index is 12.0. The molecule has 40 heavy (non-hydrogen) atoms. The van der Waals surface area contributed by atoms with E-state index in [1.54, 1.807) is 13.8 Å². The third kappa shape index (κ3) is 20.9. The number of nitrogens with one attached hydrogen (secondary N) is 4. The lowest BCUT2D eigenvalue weighted by atomic mass is 10.0. The Morgan fingerprint density at radius 2 is 1.27 bits per heavy atom. The first-order valence-electron chi connectivity index (χ1n) is 13.2. The summed E-state index contributed by atoms with van der Waals surface area (Å²) in [4.78, 5) is 57.5. The summed E-state index contributed by atoms with van der Waals surface area (Å²) in [5, 5.41) is 27.7. The summed E-state index contributed by atoms with van der Waals surface area (Å²) >= 11 is 0. The molecular weight excluding hydrogens is 534 g/mol. The minimum atomic E-state index is -1.27. The maximum Gasteiger partial charge on any atom is 0.405 e. The molecule has 0 aliphatic heterocycles. The van der Waals surface area contributed by atoms with Gasteiger partial charge in [0.15, 0.2) is 0 Å². The Balaban J connectivity index is 3.66. The first kappa shape index (κ1) is 37.0. The van der Waals surface area contributed by atoms with E-state index in [-0.39, 0.29) is 77.8 Å². The highest BCUT2D eigenvalue weighted by atomic mass is 16.5. The first-order valence-corrected chi connectivity index (χ1v) is 13.2. The minimum absolute atomic E-state index is 0.122. The van der Waals surface area contributed by atoms with E-state index >= 15 is 0 Å². The van der Waals surface area contributed by atoms with E-state index < -0.39 is 36.0 Å². The lowest BCUT2D eigenvalue weighted by Gasteiger charge is -2.19. The molecule has 0 spiro atoms. The Kier molecular flexibility index (Phi) is 22.0. The standard InChI is InChI=1S/C24H45N5O11/c1-17(2)21(29-24(35)36)22(32)27-8-10-38-11-13-39-15-19(30)26-7-9-37-12-14-40-16-20(31)28-18(23(33)34)5-3-4-6-25/h17-18,21,29H,3-16,25H2,1-2H3,(H,26,30)(H,27,32)(H,28,31)(H,33,34)(H,35,36). The van der Waals surface area contributed by atoms with Crippen LogP contribution in [0.3, 0.4) is 0 Å². The molecule has 16 nitrogen and oxygen atoms in total. The maximum atomic E-state index is 12.0. The van der Waals surface area contributed by atoms with E-state index in [2.05, 4.69) is 21.3 Å². The Hall–Kier alpha value is -3.05. The van der Waals surface area contributed by atoms with Crippen molar-refractivity contribution in [3.8, 4) is 0 Å². The van der Waals surface area contributed by atoms with E-state index in [1.807, 2.05) is 0 Å². The van der Waals surface area contributed by atoms with Crippen molar-refractivity contribution in [3.05, 3.63) is 0 Å². The largest absolute Gasteiger partial charge is 0.480 e. The van der Waals surface area contributed by atoms with Crippen molar-refractivity contribution in [1.29, 1.82) is 0 Å². The fourth-order valence-electron chi connectivity index (χ4n) is 3.09. The van der Waals surface area contributed by atoms with Crippen LogP contribution in [-0.4, -0.2) is 125 Å². The molecule has 0 aliphatic rings. The summed E-state index contributed by atoms with van der Waals surface area (Å²) in [6.45, 7) is 4.99. The highest BCUT2D eigenvalue weighted by molar-refractivity contribution is 5.85. The number of hydrogen-bond donors (Lipinski definition) is 7. The van der Waals surface area contributed by atoms with Gasteiger partial charge in [-0.15, -0.1) is 0 Å². The molecule has 0 aliphatic carbocycles. The van der Waals surface area contributed by atoms with Crippen LogP contribution in [0, 0.1) is 5.92 Å². The zero-order chi connectivity index (χ0) is 30.2. The van der Waals surface area contributed by atoms with Gasteiger partial charge in [0.1, 0.15) is 25.3 Å². The highest BCUT2D eigenvalue weighted by Gasteiger charge is 2.23. The summed E-state index contributed by atoms with van der Waals surface area (Å²) in [5.41, 5.74) is 5.38. The monoisotopic (exact) mass is 579 g/mol. The second kappa shape index (κ2) is 23.8. The number of carbonyl (C=O) groups excluding carboxylic acids is 3. The predicted octanol–water partition coefficient (Wildman–Crippen LogP) is -1.72. The van der Waals surface area contributed by atoms with Crippen molar-refractivity contribution in [2.45, 2.75) is 45.2 Å². The van der Waals surface area contributed by atoms with Crippen LogP contribution in [-0.2, 0) is 38.1 Å². The number of carbonyl (C=O) groups is 5. The number of rotatable bonds is 25. The first-order chi connectivity index (χ1) is 19.1. The van der Waals surface area contributed by atoms with Gasteiger partial charge in [-0.25, -0.2) is 9.59 Å². The molecule has 0 aromatic carbocycles. The summed E-state index contributed by atoms with van der Waals surface area (Å²) in [5.74, 6) is -2.62. The highest BCUT2D eigenvalue weighted by Crippen LogP contribution is 2.02. The molecule has 2 atom stereocenters. The van der Waals surface area contributed by atoms with Crippen LogP contribution < -0.4 is 27.0 Å². The quantitative estimate of drug-likeness (QED) is 0.0598. The lowest BCUT2D eigenvalue weighted by molar-refractivity contribution is -0.142. The van der Waals surface area contributed by atoms with Gasteiger partial charge in [0, 0.05) is 13.1 Å². The molecule has 0 rings (SSSR count). The van der Waals surface area contributed by atoms with Crippen molar-refractivity contribution in [2.75, 3.05) is 72.5 Å². The van der Waals surface area contributed by atoms with Crippen molar-refractivity contribution < 1.29 is 53.1 Å². The molecule has 4 amide bonds. The topological polar surface area (TPSA) is 237 Å². The average molecular weight is 580 g/mol. The Labute approximate surface area is 234 Å². The average Bonchev–Trinajstić information content (AvgIpc) is 2.89. The third-order valence-corrected chi connectivity index (χ3v) is 5.13. The van der Waals surface area contributed by atoms with E-state index in [4.69, 9.17) is 34.9 Å². The van der Waals surface area contributed by atoms with Crippen LogP contribution in [0.25, 0.3) is 0 Å². The van der Waals surface area contributed by atoms with Gasteiger partial charge in [-0.1, -0.05) is 13.8 Å². The van der Waals surface area contributed by atoms with Gasteiger partial charge >= 0.3 is 12.1 Å². The van der Waals surface area contributed by atoms with Gasteiger partial charge in [0.2, 0.25) is 17.7 Å². The van der Waals surface area contributed by atoms with Crippen LogP contribution in [0.2, 0.25) is 0 Å². The fourth-order valence-corrected chi connectivity index (χ4v) is 3.09. The Morgan fingerprint density at radius 1 is 0.725 bits per heavy atom. The van der Waals surface area contributed by atoms with Gasteiger partial charge in [-0.05, 0) is 31.7 Å². The second-order valence-electron chi connectivity index (χ2n) is 8.88. The summed E-state index contributed by atoms with van der Waals surface area (Å²) in [6, 6.07) is -1.83. The molecule has 2 unspecified atom stereocenters. The number of aliphatic carboxylic acids is 1. The fraction of sp³-hybridized carbons (Fsp3) is 0.792.